The number of oxime groups is 1. The van der Waals surface area contributed by atoms with Crippen LogP contribution in [0.5, 0.6) is 11.5 Å². The van der Waals surface area contributed by atoms with Crippen molar-refractivity contribution < 1.29 is 24.7 Å². The first-order valence-electron chi connectivity index (χ1n) is 15.9. The van der Waals surface area contributed by atoms with E-state index in [1.54, 1.807) is 41.9 Å². The lowest BCUT2D eigenvalue weighted by Crippen LogP contribution is -2.05. The van der Waals surface area contributed by atoms with Crippen molar-refractivity contribution in [1.29, 1.82) is 0 Å². The Morgan fingerprint density at radius 2 is 1.13 bits per heavy atom. The van der Waals surface area contributed by atoms with E-state index in [1.165, 1.54) is 19.7 Å². The van der Waals surface area contributed by atoms with Crippen molar-refractivity contribution >= 4 is 70.3 Å². The fraction of sp³-hybridized carbons (Fsp3) is 0.0811. The molecule has 0 bridgehead atoms. The van der Waals surface area contributed by atoms with Crippen LogP contribution in [0.25, 0.3) is 0 Å². The van der Waals surface area contributed by atoms with Crippen LogP contribution in [-0.2, 0) is 13.2 Å². The van der Waals surface area contributed by atoms with Crippen molar-refractivity contribution in [3.63, 3.8) is 0 Å². The molecule has 0 amide bonds. The standard InChI is InChI=1S/C18H16ClN5O2.C18H15ClN4O2.CH5NO/c19-15-8-13(24-18-14(9-23-25)17(20)21-11-22-18)6-7-16(15)26-10-12-4-2-1-3-5-12;19-15-8-13(23-18-14(9-24)17(20)21-11-22-18)6-7-16(15)25-10-12-4-2-1-3-5-12;1-2-3/h1-9,11,25H,10H2,(H3,20,21,22,24);1-9,11H,10H2,(H3,20,21,22,23);2-3H,1H3/b23-9+;;. The number of hydrogen-bond donors (Lipinski definition) is 7. The lowest BCUT2D eigenvalue weighted by molar-refractivity contribution is 0.112. The zero-order valence-electron chi connectivity index (χ0n) is 28.7. The number of nitrogen functional groups attached to an aromatic ring is 2. The predicted octanol–water partition coefficient (Wildman–Crippen LogP) is 7.29. The van der Waals surface area contributed by atoms with Gasteiger partial charge in [0.1, 0.15) is 60.6 Å². The van der Waals surface area contributed by atoms with Gasteiger partial charge in [0.25, 0.3) is 0 Å². The van der Waals surface area contributed by atoms with Crippen LogP contribution in [0.15, 0.2) is 115 Å². The van der Waals surface area contributed by atoms with E-state index in [0.717, 1.165) is 17.3 Å². The molecule has 0 saturated heterocycles. The molecule has 2 aromatic heterocycles. The van der Waals surface area contributed by atoms with Crippen LogP contribution >= 0.6 is 23.2 Å². The van der Waals surface area contributed by atoms with Crippen LogP contribution in [0.4, 0.5) is 34.6 Å². The third kappa shape index (κ3) is 12.0. The number of ether oxygens (including phenoxy) is 2. The minimum absolute atomic E-state index is 0.112. The minimum atomic E-state index is 0.112. The summed E-state index contributed by atoms with van der Waals surface area (Å²) < 4.78 is 11.5. The van der Waals surface area contributed by atoms with Crippen molar-refractivity contribution in [3.8, 4) is 11.5 Å². The van der Waals surface area contributed by atoms with E-state index in [9.17, 15) is 4.79 Å². The molecular formula is C37H36Cl2N10O5. The Morgan fingerprint density at radius 3 is 1.54 bits per heavy atom. The lowest BCUT2D eigenvalue weighted by atomic mass is 10.2. The maximum absolute atomic E-state index is 11.1. The number of nitrogens with two attached hydrogens (primary N) is 2. The number of hydroxylamine groups is 1. The van der Waals surface area contributed by atoms with Gasteiger partial charge in [-0.1, -0.05) is 89.0 Å². The smallest absolute Gasteiger partial charge is 0.157 e. The summed E-state index contributed by atoms with van der Waals surface area (Å²) in [5.41, 5.74) is 17.2. The topological polar surface area (TPSA) is 228 Å². The molecule has 0 spiro atoms. The van der Waals surface area contributed by atoms with E-state index in [2.05, 4.69) is 35.7 Å². The van der Waals surface area contributed by atoms with E-state index in [4.69, 9.17) is 54.6 Å². The first-order chi connectivity index (χ1) is 26.3. The molecule has 278 valence electrons. The lowest BCUT2D eigenvalue weighted by Gasteiger charge is -2.12. The number of carbonyl (C=O) groups is 1. The van der Waals surface area contributed by atoms with Gasteiger partial charge in [0, 0.05) is 18.4 Å². The number of halogens is 2. The average Bonchev–Trinajstić information content (AvgIpc) is 3.17. The SMILES string of the molecule is CNO.Nc1ncnc(Nc2ccc(OCc3ccccc3)c(Cl)c2)c1/C=N/O.Nc1ncnc(Nc2ccc(OCc3ccccc3)c(Cl)c2)c1C=O. The highest BCUT2D eigenvalue weighted by molar-refractivity contribution is 6.32. The third-order valence-corrected chi connectivity index (χ3v) is 7.59. The summed E-state index contributed by atoms with van der Waals surface area (Å²) in [6.45, 7) is 0.845. The van der Waals surface area contributed by atoms with Gasteiger partial charge in [-0.25, -0.2) is 25.4 Å². The zero-order valence-corrected chi connectivity index (χ0v) is 30.2. The second-order valence-electron chi connectivity index (χ2n) is 10.7. The first kappa shape index (κ1) is 40.3. The quantitative estimate of drug-likeness (QED) is 0.0281. The number of nitrogens with one attached hydrogen (secondary N) is 3. The second-order valence-corrected chi connectivity index (χ2v) is 11.5. The highest BCUT2D eigenvalue weighted by Gasteiger charge is 2.12. The number of nitrogens with zero attached hydrogens (tertiary/aromatic N) is 5. The third-order valence-electron chi connectivity index (χ3n) is 7.00. The molecule has 17 heteroatoms. The summed E-state index contributed by atoms with van der Waals surface area (Å²) in [6, 6.07) is 30.1. The Hall–Kier alpha value is -6.52. The Balaban J connectivity index is 0.000000225. The largest absolute Gasteiger partial charge is 0.487 e. The number of benzene rings is 4. The van der Waals surface area contributed by atoms with Crippen LogP contribution in [0.3, 0.4) is 0 Å². The minimum Gasteiger partial charge on any atom is -0.487 e. The molecule has 2 heterocycles. The highest BCUT2D eigenvalue weighted by Crippen LogP contribution is 2.32. The molecule has 0 saturated carbocycles. The van der Waals surface area contributed by atoms with Gasteiger partial charge in [-0.3, -0.25) is 4.79 Å². The van der Waals surface area contributed by atoms with Crippen molar-refractivity contribution in [2.75, 3.05) is 29.1 Å². The summed E-state index contributed by atoms with van der Waals surface area (Å²) in [5, 5.41) is 26.0. The van der Waals surface area contributed by atoms with Crippen molar-refractivity contribution in [1.82, 2.24) is 25.4 Å². The van der Waals surface area contributed by atoms with Crippen LogP contribution in [-0.4, -0.2) is 49.9 Å². The molecule has 9 N–H and O–H groups in total. The molecule has 0 fully saturated rings. The fourth-order valence-electron chi connectivity index (χ4n) is 4.45. The highest BCUT2D eigenvalue weighted by atomic mass is 35.5. The molecule has 54 heavy (non-hydrogen) atoms. The maximum Gasteiger partial charge on any atom is 0.157 e. The molecule has 0 radical (unpaired) electrons. The normalized spacial score (nSPS) is 10.3. The van der Waals surface area contributed by atoms with Gasteiger partial charge in [-0.05, 0) is 47.5 Å². The number of hydrogen-bond acceptors (Lipinski definition) is 15. The summed E-state index contributed by atoms with van der Waals surface area (Å²) in [6.07, 6.45) is 4.36. The van der Waals surface area contributed by atoms with Crippen molar-refractivity contribution in [2.45, 2.75) is 13.2 Å². The average molecular weight is 772 g/mol. The zero-order chi connectivity index (χ0) is 38.7. The fourth-order valence-corrected chi connectivity index (χ4v) is 4.92. The van der Waals surface area contributed by atoms with Crippen LogP contribution in [0.2, 0.25) is 10.0 Å². The van der Waals surface area contributed by atoms with Gasteiger partial charge in [0.15, 0.2) is 6.29 Å². The monoisotopic (exact) mass is 770 g/mol. The van der Waals surface area contributed by atoms with Crippen LogP contribution in [0, 0.1) is 0 Å². The molecular weight excluding hydrogens is 735 g/mol. The Labute approximate surface area is 320 Å². The Morgan fingerprint density at radius 1 is 0.704 bits per heavy atom. The van der Waals surface area contributed by atoms with Gasteiger partial charge in [0.05, 0.1) is 27.4 Å². The van der Waals surface area contributed by atoms with Gasteiger partial charge >= 0.3 is 0 Å². The summed E-state index contributed by atoms with van der Waals surface area (Å²) in [7, 11) is 1.43. The molecule has 6 aromatic rings. The van der Waals surface area contributed by atoms with Crippen LogP contribution in [0.1, 0.15) is 27.0 Å². The van der Waals surface area contributed by atoms with Gasteiger partial charge < -0.3 is 42.0 Å². The summed E-state index contributed by atoms with van der Waals surface area (Å²) >= 11 is 12.6. The number of rotatable bonds is 12. The summed E-state index contributed by atoms with van der Waals surface area (Å²) in [4.78, 5) is 26.9. The molecule has 0 aliphatic carbocycles. The Kier molecular flexibility index (Phi) is 15.7. The van der Waals surface area contributed by atoms with Crippen molar-refractivity contribution in [2.24, 2.45) is 5.16 Å². The maximum atomic E-state index is 11.1. The molecule has 6 rings (SSSR count). The van der Waals surface area contributed by atoms with E-state index in [0.29, 0.717) is 69.6 Å². The molecule has 0 aliphatic heterocycles. The Bertz CT molecular complexity index is 2130. The number of aldehydes is 1. The van der Waals surface area contributed by atoms with E-state index >= 15 is 0 Å². The second kappa shape index (κ2) is 21.1. The van der Waals surface area contributed by atoms with E-state index in [1.807, 2.05) is 60.7 Å². The number of aromatic nitrogens is 4. The molecule has 15 nitrogen and oxygen atoms in total. The van der Waals surface area contributed by atoms with E-state index < -0.39 is 0 Å². The van der Waals surface area contributed by atoms with Gasteiger partial charge in [-0.15, -0.1) is 0 Å². The van der Waals surface area contributed by atoms with Crippen LogP contribution < -0.4 is 37.1 Å². The predicted molar refractivity (Wildman–Crippen MR) is 210 cm³/mol. The number of carbonyl (C=O) groups excluding carboxylic acids is 1. The first-order valence-corrected chi connectivity index (χ1v) is 16.6. The van der Waals surface area contributed by atoms with Crippen molar-refractivity contribution in [3.05, 3.63) is 142 Å². The number of anilines is 6. The molecule has 0 aliphatic rings. The molecule has 0 unspecified atom stereocenters. The van der Waals surface area contributed by atoms with E-state index in [-0.39, 0.29) is 17.2 Å². The van der Waals surface area contributed by atoms with Gasteiger partial charge in [0.2, 0.25) is 0 Å². The summed E-state index contributed by atoms with van der Waals surface area (Å²) in [5.74, 6) is 2.14. The van der Waals surface area contributed by atoms with Gasteiger partial charge in [-0.2, -0.15) is 0 Å². The molecule has 0 atom stereocenters. The molecule has 4 aromatic carbocycles.